The second-order valence-electron chi connectivity index (χ2n) is 10.4. The third-order valence-electron chi connectivity index (χ3n) is 7.64. The molecule has 0 saturated heterocycles. The molecule has 0 aliphatic heterocycles. The van der Waals surface area contributed by atoms with Crippen molar-refractivity contribution in [1.82, 2.24) is 14.8 Å². The van der Waals surface area contributed by atoms with Crippen LogP contribution in [0.25, 0.3) is 0 Å². The van der Waals surface area contributed by atoms with Gasteiger partial charge in [-0.1, -0.05) is 44.2 Å². The maximum atomic E-state index is 13.0. The molecule has 1 atom stereocenters. The number of Topliss-reactive ketones (excluding diaryl/α,β-unsaturated/α-hetero) is 1. The van der Waals surface area contributed by atoms with Crippen molar-refractivity contribution in [2.75, 3.05) is 13.7 Å². The minimum absolute atomic E-state index is 0.0542. The van der Waals surface area contributed by atoms with E-state index in [2.05, 4.69) is 26.9 Å². The highest BCUT2D eigenvalue weighted by Crippen LogP contribution is 2.40. The molecule has 6 nitrogen and oxygen atoms in total. The van der Waals surface area contributed by atoms with Crippen LogP contribution in [0.15, 0.2) is 18.2 Å². The number of aliphatic hydroxyl groups is 1. The molecular weight excluding hydrogens is 426 g/mol. The topological polar surface area (TPSA) is 77.2 Å². The largest absolute Gasteiger partial charge is 0.496 e. The molecule has 2 aromatic rings. The van der Waals surface area contributed by atoms with Crippen molar-refractivity contribution in [2.45, 2.75) is 102 Å². The van der Waals surface area contributed by atoms with Crippen LogP contribution < -0.4 is 4.74 Å². The van der Waals surface area contributed by atoms with Gasteiger partial charge in [0.1, 0.15) is 23.2 Å². The highest BCUT2D eigenvalue weighted by Gasteiger charge is 2.33. The Morgan fingerprint density at radius 2 is 1.94 bits per heavy atom. The van der Waals surface area contributed by atoms with Crippen molar-refractivity contribution in [3.05, 3.63) is 41.0 Å². The van der Waals surface area contributed by atoms with Gasteiger partial charge in [-0.15, -0.1) is 10.2 Å². The van der Waals surface area contributed by atoms with E-state index in [9.17, 15) is 9.90 Å². The Kier molecular flexibility index (Phi) is 8.76. The first-order valence-corrected chi connectivity index (χ1v) is 13.3. The van der Waals surface area contributed by atoms with Crippen LogP contribution in [0.5, 0.6) is 5.75 Å². The molecule has 1 heterocycles. The molecule has 0 amide bonds. The predicted molar refractivity (Wildman–Crippen MR) is 133 cm³/mol. The van der Waals surface area contributed by atoms with Crippen LogP contribution in [0.3, 0.4) is 0 Å². The van der Waals surface area contributed by atoms with Crippen molar-refractivity contribution >= 4 is 5.78 Å². The fourth-order valence-electron chi connectivity index (χ4n) is 5.51. The molecule has 0 radical (unpaired) electrons. The molecule has 34 heavy (non-hydrogen) atoms. The zero-order valence-electron chi connectivity index (χ0n) is 21.0. The highest BCUT2D eigenvalue weighted by molar-refractivity contribution is 5.79. The minimum Gasteiger partial charge on any atom is -0.496 e. The molecule has 0 bridgehead atoms. The number of hydrogen-bond acceptors (Lipinski definition) is 5. The first-order valence-electron chi connectivity index (χ1n) is 13.3. The standard InChI is InChI=1S/C28H41N3O3/c1-20-8-10-22(26(18-20)34-2)11-14-25(33)19-23(16-17-32)28-30-29-27(31(28)24-12-13-24)15-9-21-6-4-3-5-7-21/h8,10,18,21,23-24,32H,3-7,9,11-17,19H2,1-2H3. The second-order valence-corrected chi connectivity index (χ2v) is 10.4. The maximum absolute atomic E-state index is 13.0. The van der Waals surface area contributed by atoms with E-state index in [1.807, 2.05) is 13.0 Å². The monoisotopic (exact) mass is 467 g/mol. The van der Waals surface area contributed by atoms with Gasteiger partial charge in [0.05, 0.1) is 7.11 Å². The molecule has 1 unspecified atom stereocenters. The summed E-state index contributed by atoms with van der Waals surface area (Å²) in [5.41, 5.74) is 2.21. The average molecular weight is 468 g/mol. The summed E-state index contributed by atoms with van der Waals surface area (Å²) < 4.78 is 7.83. The lowest BCUT2D eigenvalue weighted by molar-refractivity contribution is -0.119. The van der Waals surface area contributed by atoms with Crippen LogP contribution in [0, 0.1) is 12.8 Å². The molecule has 1 aromatic heterocycles. The van der Waals surface area contributed by atoms with E-state index in [0.717, 1.165) is 53.7 Å². The Bertz CT molecular complexity index is 944. The molecule has 1 aromatic carbocycles. The molecule has 186 valence electrons. The van der Waals surface area contributed by atoms with E-state index < -0.39 is 0 Å². The normalized spacial score (nSPS) is 17.6. The quantitative estimate of drug-likeness (QED) is 0.421. The lowest BCUT2D eigenvalue weighted by Gasteiger charge is -2.21. The summed E-state index contributed by atoms with van der Waals surface area (Å²) >= 11 is 0. The number of aliphatic hydroxyl groups excluding tert-OH is 1. The number of methoxy groups -OCH3 is 1. The van der Waals surface area contributed by atoms with Crippen LogP contribution in [-0.2, 0) is 17.6 Å². The molecule has 4 rings (SSSR count). The summed E-state index contributed by atoms with van der Waals surface area (Å²) in [7, 11) is 1.67. The molecule has 2 saturated carbocycles. The van der Waals surface area contributed by atoms with Crippen molar-refractivity contribution in [2.24, 2.45) is 5.92 Å². The van der Waals surface area contributed by atoms with E-state index in [1.54, 1.807) is 7.11 Å². The average Bonchev–Trinajstić information content (AvgIpc) is 3.60. The summed E-state index contributed by atoms with van der Waals surface area (Å²) in [4.78, 5) is 13.0. The van der Waals surface area contributed by atoms with E-state index in [1.165, 1.54) is 38.5 Å². The number of ketones is 1. The van der Waals surface area contributed by atoms with Crippen molar-refractivity contribution in [3.8, 4) is 5.75 Å². The van der Waals surface area contributed by atoms with E-state index in [-0.39, 0.29) is 18.3 Å². The number of aromatic nitrogens is 3. The summed E-state index contributed by atoms with van der Waals surface area (Å²) in [5, 5.41) is 19.0. The zero-order valence-corrected chi connectivity index (χ0v) is 21.0. The maximum Gasteiger partial charge on any atom is 0.136 e. The summed E-state index contributed by atoms with van der Waals surface area (Å²) in [6.45, 7) is 2.09. The number of aryl methyl sites for hydroxylation is 3. The fourth-order valence-corrected chi connectivity index (χ4v) is 5.51. The number of benzene rings is 1. The van der Waals surface area contributed by atoms with Crippen LogP contribution in [0.1, 0.15) is 105 Å². The van der Waals surface area contributed by atoms with Gasteiger partial charge in [-0.3, -0.25) is 4.79 Å². The van der Waals surface area contributed by atoms with Crippen LogP contribution in [0.2, 0.25) is 0 Å². The van der Waals surface area contributed by atoms with Crippen molar-refractivity contribution in [3.63, 3.8) is 0 Å². The lowest BCUT2D eigenvalue weighted by Crippen LogP contribution is -2.16. The minimum atomic E-state index is -0.0751. The third-order valence-corrected chi connectivity index (χ3v) is 7.64. The van der Waals surface area contributed by atoms with E-state index in [0.29, 0.717) is 31.7 Å². The Hall–Kier alpha value is -2.21. The SMILES string of the molecule is COc1cc(C)ccc1CCC(=O)CC(CCO)c1nnc(CCC2CCCCC2)n1C1CC1. The van der Waals surface area contributed by atoms with E-state index >= 15 is 0 Å². The van der Waals surface area contributed by atoms with Gasteiger partial charge in [0.2, 0.25) is 0 Å². The molecule has 0 spiro atoms. The first kappa shape index (κ1) is 24.9. The van der Waals surface area contributed by atoms with Gasteiger partial charge in [0.25, 0.3) is 0 Å². The van der Waals surface area contributed by atoms with Gasteiger partial charge in [0, 0.05) is 37.8 Å². The smallest absolute Gasteiger partial charge is 0.136 e. The molecule has 2 fully saturated rings. The number of nitrogens with zero attached hydrogens (tertiary/aromatic N) is 3. The van der Waals surface area contributed by atoms with Crippen LogP contribution >= 0.6 is 0 Å². The predicted octanol–water partition coefficient (Wildman–Crippen LogP) is 5.50. The van der Waals surface area contributed by atoms with Crippen molar-refractivity contribution < 1.29 is 14.6 Å². The summed E-state index contributed by atoms with van der Waals surface area (Å²) in [5.74, 6) is 3.79. The van der Waals surface area contributed by atoms with Crippen LogP contribution in [-0.4, -0.2) is 39.4 Å². The number of rotatable bonds is 13. The fraction of sp³-hybridized carbons (Fsp3) is 0.679. The van der Waals surface area contributed by atoms with Gasteiger partial charge >= 0.3 is 0 Å². The number of ether oxygens (including phenoxy) is 1. The molecule has 6 heteroatoms. The zero-order chi connectivity index (χ0) is 23.9. The molecule has 1 N–H and O–H groups in total. The molecule has 2 aliphatic carbocycles. The van der Waals surface area contributed by atoms with Crippen molar-refractivity contribution in [1.29, 1.82) is 0 Å². The van der Waals surface area contributed by atoms with Gasteiger partial charge in [-0.25, -0.2) is 0 Å². The number of hydrogen-bond donors (Lipinski definition) is 1. The Labute approximate surface area is 204 Å². The van der Waals surface area contributed by atoms with Gasteiger partial charge in [-0.05, 0) is 62.1 Å². The lowest BCUT2D eigenvalue weighted by atomic mass is 9.86. The molecular formula is C28H41N3O3. The Balaban J connectivity index is 1.41. The highest BCUT2D eigenvalue weighted by atomic mass is 16.5. The van der Waals surface area contributed by atoms with Gasteiger partial charge in [0.15, 0.2) is 0 Å². The number of carbonyl (C=O) groups is 1. The second kappa shape index (κ2) is 12.0. The van der Waals surface area contributed by atoms with Crippen LogP contribution in [0.4, 0.5) is 0 Å². The third kappa shape index (κ3) is 6.47. The Morgan fingerprint density at radius 3 is 2.65 bits per heavy atom. The van der Waals surface area contributed by atoms with E-state index in [4.69, 9.17) is 4.74 Å². The van der Waals surface area contributed by atoms with Gasteiger partial charge in [-0.2, -0.15) is 0 Å². The number of carbonyl (C=O) groups excluding carboxylic acids is 1. The summed E-state index contributed by atoms with van der Waals surface area (Å²) in [6.07, 6.45) is 13.4. The summed E-state index contributed by atoms with van der Waals surface area (Å²) in [6, 6.07) is 6.60. The first-order chi connectivity index (χ1) is 16.6. The Morgan fingerprint density at radius 1 is 1.15 bits per heavy atom. The van der Waals surface area contributed by atoms with Gasteiger partial charge < -0.3 is 14.4 Å². The molecule has 2 aliphatic rings.